The molecule has 0 radical (unpaired) electrons. The van der Waals surface area contributed by atoms with Crippen molar-refractivity contribution in [3.05, 3.63) is 0 Å². The normalized spacial score (nSPS) is 45.1. The smallest absolute Gasteiger partial charge is 0.404 e. The molecule has 3 saturated carbocycles. The monoisotopic (exact) mass is 375 g/mol. The zero-order valence-electron chi connectivity index (χ0n) is 17.0. The van der Waals surface area contributed by atoms with Crippen LogP contribution in [0.2, 0.25) is 0 Å². The Kier molecular flexibility index (Phi) is 4.39. The molecule has 27 heavy (non-hydrogen) atoms. The summed E-state index contributed by atoms with van der Waals surface area (Å²) in [5, 5.41) is 6.75. The molecule has 3 saturated heterocycles. The van der Waals surface area contributed by atoms with Gasteiger partial charge in [-0.3, -0.25) is 4.79 Å². The van der Waals surface area contributed by atoms with Gasteiger partial charge in [-0.1, -0.05) is 13.8 Å². The summed E-state index contributed by atoms with van der Waals surface area (Å²) in [6.07, 6.45) is 5.70. The Morgan fingerprint density at radius 2 is 2.15 bits per heavy atom. The van der Waals surface area contributed by atoms with Crippen LogP contribution in [0.4, 0.5) is 0 Å². The topological polar surface area (TPSA) is 62.8 Å². The number of nitrogens with one attached hydrogen (secondary N) is 2. The molecule has 7 heteroatoms. The molecule has 0 aromatic heterocycles. The van der Waals surface area contributed by atoms with Crippen molar-refractivity contribution >= 4 is 13.0 Å². The number of likely N-dealkylation sites (tertiary alicyclic amines) is 1. The minimum absolute atomic E-state index is 0.0729. The molecule has 6 nitrogen and oxygen atoms in total. The van der Waals surface area contributed by atoms with Gasteiger partial charge >= 0.3 is 7.12 Å². The summed E-state index contributed by atoms with van der Waals surface area (Å²) in [5.74, 6) is 1.60. The molecular formula is C20H34BN3O3. The Hall–Kier alpha value is -0.625. The lowest BCUT2D eigenvalue weighted by Gasteiger charge is -2.64. The largest absolute Gasteiger partial charge is 0.481 e. The highest BCUT2D eigenvalue weighted by Gasteiger charge is 2.69. The van der Waals surface area contributed by atoms with E-state index in [0.717, 1.165) is 51.2 Å². The van der Waals surface area contributed by atoms with E-state index in [4.69, 9.17) is 9.31 Å². The molecule has 1 amide bonds. The predicted molar refractivity (Wildman–Crippen MR) is 104 cm³/mol. The first kappa shape index (κ1) is 18.4. The number of amides is 1. The summed E-state index contributed by atoms with van der Waals surface area (Å²) in [4.78, 5) is 14.9. The van der Waals surface area contributed by atoms with Crippen molar-refractivity contribution in [2.45, 2.75) is 76.6 Å². The molecule has 0 aromatic carbocycles. The quantitative estimate of drug-likeness (QED) is 0.723. The highest BCUT2D eigenvalue weighted by molar-refractivity contribution is 6.48. The van der Waals surface area contributed by atoms with E-state index in [2.05, 4.69) is 31.4 Å². The van der Waals surface area contributed by atoms with Gasteiger partial charge in [0.15, 0.2) is 0 Å². The fourth-order valence-electron chi connectivity index (χ4n) is 6.61. The third-order valence-electron chi connectivity index (χ3n) is 8.50. The molecule has 3 aliphatic carbocycles. The van der Waals surface area contributed by atoms with Gasteiger partial charge in [0, 0.05) is 19.1 Å². The molecular weight excluding hydrogens is 341 g/mol. The second kappa shape index (κ2) is 6.44. The first-order chi connectivity index (χ1) is 12.9. The zero-order chi connectivity index (χ0) is 18.8. The van der Waals surface area contributed by atoms with Crippen LogP contribution in [-0.4, -0.2) is 67.8 Å². The van der Waals surface area contributed by atoms with Gasteiger partial charge in [-0.2, -0.15) is 0 Å². The molecule has 6 atom stereocenters. The van der Waals surface area contributed by atoms with Gasteiger partial charge in [0.1, 0.15) is 0 Å². The fourth-order valence-corrected chi connectivity index (χ4v) is 6.61. The van der Waals surface area contributed by atoms with E-state index < -0.39 is 0 Å². The van der Waals surface area contributed by atoms with Gasteiger partial charge in [0.05, 0.1) is 24.2 Å². The molecule has 6 rings (SSSR count). The van der Waals surface area contributed by atoms with E-state index in [1.807, 2.05) is 4.90 Å². The van der Waals surface area contributed by atoms with Crippen LogP contribution >= 0.6 is 0 Å². The maximum Gasteiger partial charge on any atom is 0.481 e. The van der Waals surface area contributed by atoms with Gasteiger partial charge in [-0.25, -0.2) is 0 Å². The minimum atomic E-state index is -0.255. The average molecular weight is 375 g/mol. The number of carbonyl (C=O) groups excluding carboxylic acids is 1. The third-order valence-corrected chi connectivity index (χ3v) is 8.50. The Bertz CT molecular complexity index is 611. The first-order valence-corrected chi connectivity index (χ1v) is 11.0. The summed E-state index contributed by atoms with van der Waals surface area (Å²) in [7, 11) is -0.255. The van der Waals surface area contributed by atoms with Gasteiger partial charge in [0.25, 0.3) is 0 Å². The number of hydrogen-bond donors (Lipinski definition) is 2. The Labute approximate surface area is 163 Å². The number of hydrogen-bond acceptors (Lipinski definition) is 5. The van der Waals surface area contributed by atoms with Crippen LogP contribution in [0.5, 0.6) is 0 Å². The fraction of sp³-hybridized carbons (Fsp3) is 0.950. The average Bonchev–Trinajstić information content (AvgIpc) is 3.36. The summed E-state index contributed by atoms with van der Waals surface area (Å²) in [5.41, 5.74) is 0.169. The lowest BCUT2D eigenvalue weighted by molar-refractivity contribution is -0.199. The van der Waals surface area contributed by atoms with Crippen LogP contribution in [0.15, 0.2) is 0 Å². The molecule has 2 bridgehead atoms. The van der Waals surface area contributed by atoms with Gasteiger partial charge in [-0.05, 0) is 62.8 Å². The molecule has 3 heterocycles. The van der Waals surface area contributed by atoms with Crippen molar-refractivity contribution in [1.82, 2.24) is 15.5 Å². The van der Waals surface area contributed by atoms with E-state index in [1.165, 1.54) is 6.42 Å². The van der Waals surface area contributed by atoms with Gasteiger partial charge in [0.2, 0.25) is 5.91 Å². The van der Waals surface area contributed by atoms with E-state index >= 15 is 0 Å². The highest BCUT2D eigenvalue weighted by atomic mass is 16.7. The Morgan fingerprint density at radius 1 is 1.30 bits per heavy atom. The molecule has 0 spiro atoms. The van der Waals surface area contributed by atoms with E-state index in [0.29, 0.717) is 23.9 Å². The van der Waals surface area contributed by atoms with E-state index in [1.54, 1.807) is 0 Å². The summed E-state index contributed by atoms with van der Waals surface area (Å²) >= 11 is 0. The van der Waals surface area contributed by atoms with Crippen LogP contribution in [0.3, 0.4) is 0 Å². The summed E-state index contributed by atoms with van der Waals surface area (Å²) < 4.78 is 13.1. The number of nitrogens with zero attached hydrogens (tertiary/aromatic N) is 1. The second-order valence-corrected chi connectivity index (χ2v) is 10.2. The standard InChI is InChI=1S/C20H34BN3O3/c1-19(2)13-9-15(19)20(3)16(10-13)26-21(27-20)17-5-4-8-24(17)18(25)12-23-14-6-7-22-11-14/h13-17,22-23H,4-12H2,1-3H3/t13?,14?,15?,16-,17?,20+/m1/s1. The zero-order valence-corrected chi connectivity index (χ0v) is 17.0. The van der Waals surface area contributed by atoms with E-state index in [9.17, 15) is 4.79 Å². The lowest BCUT2D eigenvalue weighted by atomic mass is 9.43. The van der Waals surface area contributed by atoms with Crippen LogP contribution in [-0.2, 0) is 14.1 Å². The first-order valence-electron chi connectivity index (χ1n) is 11.0. The Morgan fingerprint density at radius 3 is 2.89 bits per heavy atom. The third kappa shape index (κ3) is 2.80. The molecule has 6 fully saturated rings. The Balaban J connectivity index is 1.24. The van der Waals surface area contributed by atoms with Crippen LogP contribution < -0.4 is 10.6 Å². The van der Waals surface area contributed by atoms with Crippen molar-refractivity contribution in [2.24, 2.45) is 17.3 Å². The minimum Gasteiger partial charge on any atom is -0.404 e. The SMILES string of the molecule is CC1(C)C2CC1[C@]1(C)OB(C3CCCN3C(=O)CNC3CCNC3)O[C@@H]1C2. The van der Waals surface area contributed by atoms with Crippen molar-refractivity contribution in [3.63, 3.8) is 0 Å². The predicted octanol–water partition coefficient (Wildman–Crippen LogP) is 1.20. The van der Waals surface area contributed by atoms with Crippen LogP contribution in [0, 0.1) is 17.3 Å². The molecule has 4 unspecified atom stereocenters. The van der Waals surface area contributed by atoms with Crippen LogP contribution in [0.1, 0.15) is 52.9 Å². The molecule has 150 valence electrons. The molecule has 6 aliphatic rings. The van der Waals surface area contributed by atoms with Gasteiger partial charge in [-0.15, -0.1) is 0 Å². The van der Waals surface area contributed by atoms with Gasteiger partial charge < -0.3 is 24.8 Å². The maximum absolute atomic E-state index is 12.9. The molecule has 2 N–H and O–H groups in total. The van der Waals surface area contributed by atoms with Crippen molar-refractivity contribution in [1.29, 1.82) is 0 Å². The summed E-state index contributed by atoms with van der Waals surface area (Å²) in [6.45, 7) is 10.3. The lowest BCUT2D eigenvalue weighted by Crippen LogP contribution is -2.65. The van der Waals surface area contributed by atoms with E-state index in [-0.39, 0.29) is 30.7 Å². The van der Waals surface area contributed by atoms with Crippen molar-refractivity contribution < 1.29 is 14.1 Å². The molecule has 0 aromatic rings. The summed E-state index contributed by atoms with van der Waals surface area (Å²) in [6, 6.07) is 0.421. The second-order valence-electron chi connectivity index (χ2n) is 10.2. The number of rotatable bonds is 4. The maximum atomic E-state index is 12.9. The molecule has 3 aliphatic heterocycles. The van der Waals surface area contributed by atoms with Crippen LogP contribution in [0.25, 0.3) is 0 Å². The highest BCUT2D eigenvalue weighted by Crippen LogP contribution is 2.65. The van der Waals surface area contributed by atoms with Crippen molar-refractivity contribution in [3.8, 4) is 0 Å². The van der Waals surface area contributed by atoms with Crippen molar-refractivity contribution in [2.75, 3.05) is 26.2 Å². The number of carbonyl (C=O) groups is 1.